The fraction of sp³-hybridized carbons (Fsp3) is 0.227. The van der Waals surface area contributed by atoms with Crippen LogP contribution in [0.4, 0.5) is 5.69 Å². The minimum atomic E-state index is -0.178. The maximum absolute atomic E-state index is 12.4. The highest BCUT2D eigenvalue weighted by molar-refractivity contribution is 5.98. The van der Waals surface area contributed by atoms with E-state index in [0.29, 0.717) is 24.5 Å². The number of amides is 1. The molecule has 0 saturated carbocycles. The van der Waals surface area contributed by atoms with Crippen molar-refractivity contribution in [2.24, 2.45) is 12.0 Å². The van der Waals surface area contributed by atoms with Crippen LogP contribution in [0.15, 0.2) is 65.8 Å². The summed E-state index contributed by atoms with van der Waals surface area (Å²) in [7, 11) is 1.73. The molecule has 1 heterocycles. The lowest BCUT2D eigenvalue weighted by atomic mass is 10.2. The van der Waals surface area contributed by atoms with Crippen molar-refractivity contribution in [3.05, 3.63) is 77.6 Å². The Hall–Kier alpha value is -3.41. The van der Waals surface area contributed by atoms with Gasteiger partial charge in [-0.3, -0.25) is 14.5 Å². The molecule has 0 atom stereocenters. The van der Waals surface area contributed by atoms with E-state index in [2.05, 4.69) is 15.4 Å². The normalized spacial score (nSPS) is 10.9. The van der Waals surface area contributed by atoms with Crippen LogP contribution in [0, 0.1) is 0 Å². The van der Waals surface area contributed by atoms with Crippen molar-refractivity contribution in [1.82, 2.24) is 15.1 Å². The zero-order chi connectivity index (χ0) is 19.8. The van der Waals surface area contributed by atoms with Gasteiger partial charge in [0, 0.05) is 25.4 Å². The van der Waals surface area contributed by atoms with Gasteiger partial charge in [0.2, 0.25) is 0 Å². The molecule has 0 saturated heterocycles. The third kappa shape index (κ3) is 4.85. The first-order valence-corrected chi connectivity index (χ1v) is 9.29. The van der Waals surface area contributed by atoms with E-state index in [4.69, 9.17) is 4.74 Å². The fourth-order valence-electron chi connectivity index (χ4n) is 2.70. The molecule has 0 radical (unpaired) electrons. The van der Waals surface area contributed by atoms with Gasteiger partial charge in [0.25, 0.3) is 5.91 Å². The Labute approximate surface area is 164 Å². The van der Waals surface area contributed by atoms with Crippen molar-refractivity contribution in [2.75, 3.05) is 6.54 Å². The van der Waals surface area contributed by atoms with E-state index in [0.717, 1.165) is 23.3 Å². The monoisotopic (exact) mass is 376 g/mol. The molecule has 1 aromatic heterocycles. The Morgan fingerprint density at radius 3 is 2.71 bits per heavy atom. The first-order chi connectivity index (χ1) is 13.7. The zero-order valence-electron chi connectivity index (χ0n) is 16.1. The van der Waals surface area contributed by atoms with Gasteiger partial charge in [-0.2, -0.15) is 5.10 Å². The summed E-state index contributed by atoms with van der Waals surface area (Å²) in [6.45, 7) is 3.10. The molecule has 1 amide bonds. The standard InChI is InChI=1S/C22H24N4O2/c1-3-13-23-22(27)21-19(15-25-26(21)2)24-14-18-11-7-8-12-20(18)28-16-17-9-5-4-6-10-17/h4-12,14-15H,3,13,16H2,1-2H3,(H,23,27). The Balaban J connectivity index is 1.77. The third-order valence-corrected chi connectivity index (χ3v) is 4.17. The van der Waals surface area contributed by atoms with Crippen molar-refractivity contribution >= 4 is 17.8 Å². The molecule has 3 rings (SSSR count). The van der Waals surface area contributed by atoms with E-state index in [1.54, 1.807) is 19.5 Å². The molecule has 2 aromatic carbocycles. The fourth-order valence-corrected chi connectivity index (χ4v) is 2.70. The van der Waals surface area contributed by atoms with E-state index in [1.165, 1.54) is 4.68 Å². The first kappa shape index (κ1) is 19.4. The van der Waals surface area contributed by atoms with Crippen LogP contribution in [-0.4, -0.2) is 28.4 Å². The second-order valence-corrected chi connectivity index (χ2v) is 6.33. The molecule has 0 aliphatic rings. The van der Waals surface area contributed by atoms with Crippen molar-refractivity contribution in [3.8, 4) is 5.75 Å². The number of nitrogens with zero attached hydrogens (tertiary/aromatic N) is 3. The number of aromatic nitrogens is 2. The summed E-state index contributed by atoms with van der Waals surface area (Å²) >= 11 is 0. The Morgan fingerprint density at radius 2 is 1.93 bits per heavy atom. The van der Waals surface area contributed by atoms with Gasteiger partial charge in [-0.05, 0) is 24.1 Å². The average molecular weight is 376 g/mol. The van der Waals surface area contributed by atoms with Gasteiger partial charge in [0.15, 0.2) is 5.69 Å². The molecule has 144 valence electrons. The molecule has 1 N–H and O–H groups in total. The molecule has 6 heteroatoms. The predicted octanol–water partition coefficient (Wildman–Crippen LogP) is 3.89. The number of para-hydroxylation sites is 1. The summed E-state index contributed by atoms with van der Waals surface area (Å²) < 4.78 is 7.49. The number of carbonyl (C=O) groups is 1. The summed E-state index contributed by atoms with van der Waals surface area (Å²) in [5.41, 5.74) is 2.89. The van der Waals surface area contributed by atoms with Crippen LogP contribution in [0.5, 0.6) is 5.75 Å². The summed E-state index contributed by atoms with van der Waals surface area (Å²) in [6, 6.07) is 17.7. The summed E-state index contributed by atoms with van der Waals surface area (Å²) in [4.78, 5) is 16.9. The van der Waals surface area contributed by atoms with Gasteiger partial charge in [-0.25, -0.2) is 0 Å². The minimum absolute atomic E-state index is 0.178. The lowest BCUT2D eigenvalue weighted by Gasteiger charge is -2.09. The lowest BCUT2D eigenvalue weighted by molar-refractivity contribution is 0.0945. The number of benzene rings is 2. The van der Waals surface area contributed by atoms with Gasteiger partial charge in [0.05, 0.1) is 6.20 Å². The third-order valence-electron chi connectivity index (χ3n) is 4.17. The summed E-state index contributed by atoms with van der Waals surface area (Å²) in [5.74, 6) is 0.554. The second kappa shape index (κ2) is 9.50. The molecule has 0 aliphatic heterocycles. The van der Waals surface area contributed by atoms with Crippen LogP contribution in [0.2, 0.25) is 0 Å². The zero-order valence-corrected chi connectivity index (χ0v) is 16.1. The predicted molar refractivity (Wildman–Crippen MR) is 110 cm³/mol. The van der Waals surface area contributed by atoms with Crippen LogP contribution in [0.25, 0.3) is 0 Å². The van der Waals surface area contributed by atoms with Crippen molar-refractivity contribution in [1.29, 1.82) is 0 Å². The highest BCUT2D eigenvalue weighted by Crippen LogP contribution is 2.21. The Kier molecular flexibility index (Phi) is 6.57. The molecular formula is C22H24N4O2. The van der Waals surface area contributed by atoms with E-state index < -0.39 is 0 Å². The van der Waals surface area contributed by atoms with Gasteiger partial charge < -0.3 is 10.1 Å². The molecule has 0 aliphatic carbocycles. The number of aryl methyl sites for hydroxylation is 1. The highest BCUT2D eigenvalue weighted by atomic mass is 16.5. The molecule has 28 heavy (non-hydrogen) atoms. The van der Waals surface area contributed by atoms with E-state index in [1.807, 2.05) is 61.5 Å². The molecular weight excluding hydrogens is 352 g/mol. The summed E-state index contributed by atoms with van der Waals surface area (Å²) in [5, 5.41) is 7.03. The first-order valence-electron chi connectivity index (χ1n) is 9.29. The number of rotatable bonds is 8. The van der Waals surface area contributed by atoms with Gasteiger partial charge in [-0.1, -0.05) is 49.4 Å². The van der Waals surface area contributed by atoms with Crippen LogP contribution in [0.1, 0.15) is 35.0 Å². The molecule has 0 spiro atoms. The van der Waals surface area contributed by atoms with E-state index in [-0.39, 0.29) is 5.91 Å². The second-order valence-electron chi connectivity index (χ2n) is 6.33. The smallest absolute Gasteiger partial charge is 0.271 e. The minimum Gasteiger partial charge on any atom is -0.488 e. The quantitative estimate of drug-likeness (QED) is 0.607. The van der Waals surface area contributed by atoms with Gasteiger partial charge in [-0.15, -0.1) is 0 Å². The maximum Gasteiger partial charge on any atom is 0.271 e. The van der Waals surface area contributed by atoms with Crippen LogP contribution < -0.4 is 10.1 Å². The molecule has 0 fully saturated rings. The lowest BCUT2D eigenvalue weighted by Crippen LogP contribution is -2.26. The van der Waals surface area contributed by atoms with E-state index in [9.17, 15) is 4.79 Å². The van der Waals surface area contributed by atoms with Gasteiger partial charge >= 0.3 is 0 Å². The number of carbonyl (C=O) groups excluding carboxylic acids is 1. The number of nitrogens with one attached hydrogen (secondary N) is 1. The largest absolute Gasteiger partial charge is 0.488 e. The number of hydrogen-bond donors (Lipinski definition) is 1. The van der Waals surface area contributed by atoms with Gasteiger partial charge in [0.1, 0.15) is 18.0 Å². The highest BCUT2D eigenvalue weighted by Gasteiger charge is 2.15. The topological polar surface area (TPSA) is 68.5 Å². The SMILES string of the molecule is CCCNC(=O)c1c(N=Cc2ccccc2OCc2ccccc2)cnn1C. The van der Waals surface area contributed by atoms with Crippen LogP contribution in [0.3, 0.4) is 0 Å². The maximum atomic E-state index is 12.4. The van der Waals surface area contributed by atoms with Crippen LogP contribution in [-0.2, 0) is 13.7 Å². The van der Waals surface area contributed by atoms with Crippen molar-refractivity contribution < 1.29 is 9.53 Å². The number of ether oxygens (including phenoxy) is 1. The molecule has 3 aromatic rings. The Morgan fingerprint density at radius 1 is 1.18 bits per heavy atom. The average Bonchev–Trinajstić information content (AvgIpc) is 3.10. The number of hydrogen-bond acceptors (Lipinski definition) is 4. The Bertz CT molecular complexity index is 948. The van der Waals surface area contributed by atoms with Crippen LogP contribution >= 0.6 is 0 Å². The van der Waals surface area contributed by atoms with Crippen molar-refractivity contribution in [3.63, 3.8) is 0 Å². The van der Waals surface area contributed by atoms with E-state index >= 15 is 0 Å². The number of aliphatic imine (C=N–C) groups is 1. The summed E-state index contributed by atoms with van der Waals surface area (Å²) in [6.07, 6.45) is 4.16. The molecule has 0 bridgehead atoms. The van der Waals surface area contributed by atoms with Crippen molar-refractivity contribution in [2.45, 2.75) is 20.0 Å². The molecule has 6 nitrogen and oxygen atoms in total. The molecule has 0 unspecified atom stereocenters.